The van der Waals surface area contributed by atoms with Crippen molar-refractivity contribution < 1.29 is 4.79 Å². The molecule has 1 aliphatic heterocycles. The lowest BCUT2D eigenvalue weighted by Crippen LogP contribution is -2.42. The van der Waals surface area contributed by atoms with E-state index in [0.29, 0.717) is 19.0 Å². The van der Waals surface area contributed by atoms with Gasteiger partial charge in [-0.25, -0.2) is 19.6 Å². The van der Waals surface area contributed by atoms with Crippen molar-refractivity contribution in [2.24, 2.45) is 11.8 Å². The first-order valence-electron chi connectivity index (χ1n) is 9.70. The van der Waals surface area contributed by atoms with E-state index >= 15 is 0 Å². The van der Waals surface area contributed by atoms with Gasteiger partial charge in [0.05, 0.1) is 12.5 Å². The number of nitrogens with zero attached hydrogens (tertiary/aromatic N) is 6. The van der Waals surface area contributed by atoms with Crippen LogP contribution in [0.4, 0.5) is 0 Å². The van der Waals surface area contributed by atoms with E-state index in [1.807, 2.05) is 37.3 Å². The van der Waals surface area contributed by atoms with Crippen LogP contribution in [0.25, 0.3) is 0 Å². The van der Waals surface area contributed by atoms with Crippen molar-refractivity contribution >= 4 is 5.91 Å². The normalized spacial score (nSPS) is 16.7. The van der Waals surface area contributed by atoms with Gasteiger partial charge < -0.3 is 4.90 Å². The molecule has 0 unspecified atom stereocenters. The fourth-order valence-corrected chi connectivity index (χ4v) is 3.83. The minimum absolute atomic E-state index is 0.127. The van der Waals surface area contributed by atoms with E-state index < -0.39 is 0 Å². The van der Waals surface area contributed by atoms with E-state index in [1.165, 1.54) is 0 Å². The summed E-state index contributed by atoms with van der Waals surface area (Å²) >= 11 is 0. The third-order valence-corrected chi connectivity index (χ3v) is 5.38. The van der Waals surface area contributed by atoms with Crippen LogP contribution in [-0.2, 0) is 24.3 Å². The van der Waals surface area contributed by atoms with E-state index in [0.717, 1.165) is 49.8 Å². The standard InChI is InChI=1S/C18H29N7O2/c1-5-24-16(20-21-18(24)27)10-15-6-8-23(9-7-15)17(26)12(2)11-25-14(4)19-13(3)22-25/h12,15H,5-11H2,1-4H3,(H,21,27)/t12-/m0/s1. The molecule has 0 aromatic carbocycles. The van der Waals surface area contributed by atoms with Gasteiger partial charge in [0.25, 0.3) is 0 Å². The maximum Gasteiger partial charge on any atom is 0.343 e. The number of aromatic nitrogens is 6. The van der Waals surface area contributed by atoms with E-state index in [1.54, 1.807) is 4.57 Å². The Morgan fingerprint density at radius 2 is 2.00 bits per heavy atom. The Morgan fingerprint density at radius 1 is 1.30 bits per heavy atom. The second-order valence-electron chi connectivity index (χ2n) is 7.45. The Bertz CT molecular complexity index is 842. The second kappa shape index (κ2) is 8.06. The van der Waals surface area contributed by atoms with Crippen molar-refractivity contribution in [3.8, 4) is 0 Å². The second-order valence-corrected chi connectivity index (χ2v) is 7.45. The highest BCUT2D eigenvalue weighted by molar-refractivity contribution is 5.78. The van der Waals surface area contributed by atoms with Gasteiger partial charge in [-0.05, 0) is 39.5 Å². The van der Waals surface area contributed by atoms with Crippen LogP contribution in [0.3, 0.4) is 0 Å². The fraction of sp³-hybridized carbons (Fsp3) is 0.722. The van der Waals surface area contributed by atoms with Crippen molar-refractivity contribution in [3.63, 3.8) is 0 Å². The molecule has 2 aromatic heterocycles. The third kappa shape index (κ3) is 4.28. The first kappa shape index (κ1) is 19.3. The molecule has 1 N–H and O–H groups in total. The van der Waals surface area contributed by atoms with Crippen LogP contribution in [0.5, 0.6) is 0 Å². The highest BCUT2D eigenvalue weighted by atomic mass is 16.2. The largest absolute Gasteiger partial charge is 0.343 e. The number of hydrogen-bond donors (Lipinski definition) is 1. The number of aryl methyl sites for hydroxylation is 2. The van der Waals surface area contributed by atoms with Crippen LogP contribution in [0.2, 0.25) is 0 Å². The fourth-order valence-electron chi connectivity index (χ4n) is 3.83. The Morgan fingerprint density at radius 3 is 2.59 bits per heavy atom. The molecule has 0 bridgehead atoms. The third-order valence-electron chi connectivity index (χ3n) is 5.38. The molecule has 0 saturated carbocycles. The predicted molar refractivity (Wildman–Crippen MR) is 100 cm³/mol. The number of likely N-dealkylation sites (tertiary alicyclic amines) is 1. The molecular weight excluding hydrogens is 346 g/mol. The molecule has 27 heavy (non-hydrogen) atoms. The number of hydrogen-bond acceptors (Lipinski definition) is 5. The molecule has 2 aromatic rings. The van der Waals surface area contributed by atoms with Crippen molar-refractivity contribution in [2.75, 3.05) is 13.1 Å². The van der Waals surface area contributed by atoms with Gasteiger partial charge in [0.1, 0.15) is 17.5 Å². The average Bonchev–Trinajstić information content (AvgIpc) is 3.15. The van der Waals surface area contributed by atoms with Gasteiger partial charge in [0.15, 0.2) is 0 Å². The van der Waals surface area contributed by atoms with Crippen LogP contribution in [0, 0.1) is 25.7 Å². The highest BCUT2D eigenvalue weighted by Crippen LogP contribution is 2.22. The Hall–Kier alpha value is -2.45. The molecule has 1 amide bonds. The molecule has 1 atom stereocenters. The van der Waals surface area contributed by atoms with Crippen molar-refractivity contribution in [1.29, 1.82) is 0 Å². The van der Waals surface area contributed by atoms with Gasteiger partial charge >= 0.3 is 5.69 Å². The van der Waals surface area contributed by atoms with Crippen LogP contribution in [-0.4, -0.2) is 53.4 Å². The zero-order valence-electron chi connectivity index (χ0n) is 16.6. The molecule has 9 nitrogen and oxygen atoms in total. The lowest BCUT2D eigenvalue weighted by molar-refractivity contribution is -0.136. The molecule has 1 aliphatic rings. The van der Waals surface area contributed by atoms with Gasteiger partial charge in [-0.15, -0.1) is 0 Å². The average molecular weight is 375 g/mol. The minimum Gasteiger partial charge on any atom is -0.342 e. The first-order chi connectivity index (χ1) is 12.9. The molecule has 0 radical (unpaired) electrons. The van der Waals surface area contributed by atoms with E-state index in [2.05, 4.69) is 20.3 Å². The monoisotopic (exact) mass is 375 g/mol. The van der Waals surface area contributed by atoms with Crippen molar-refractivity contribution in [3.05, 3.63) is 28.0 Å². The summed E-state index contributed by atoms with van der Waals surface area (Å²) < 4.78 is 3.49. The Balaban J connectivity index is 1.52. The van der Waals surface area contributed by atoms with Gasteiger partial charge in [0.2, 0.25) is 5.91 Å². The number of amides is 1. The van der Waals surface area contributed by atoms with Crippen LogP contribution in [0.1, 0.15) is 44.2 Å². The number of piperidine rings is 1. The molecule has 148 valence electrons. The predicted octanol–water partition coefficient (Wildman–Crippen LogP) is 0.917. The summed E-state index contributed by atoms with van der Waals surface area (Å²) in [5.41, 5.74) is -0.146. The van der Waals surface area contributed by atoms with E-state index in [9.17, 15) is 9.59 Å². The highest BCUT2D eigenvalue weighted by Gasteiger charge is 2.27. The van der Waals surface area contributed by atoms with Gasteiger partial charge in [0, 0.05) is 26.1 Å². The number of H-pyrrole nitrogens is 1. The molecule has 1 saturated heterocycles. The quantitative estimate of drug-likeness (QED) is 0.809. The zero-order chi connectivity index (χ0) is 19.6. The summed E-state index contributed by atoms with van der Waals surface area (Å²) in [6, 6.07) is 0. The van der Waals surface area contributed by atoms with E-state index in [-0.39, 0.29) is 17.5 Å². The van der Waals surface area contributed by atoms with Crippen molar-refractivity contribution in [1.82, 2.24) is 34.4 Å². The van der Waals surface area contributed by atoms with E-state index in [4.69, 9.17) is 0 Å². The number of carbonyl (C=O) groups is 1. The minimum atomic E-state index is -0.146. The summed E-state index contributed by atoms with van der Waals surface area (Å²) in [6.45, 7) is 10.4. The maximum absolute atomic E-state index is 12.8. The maximum atomic E-state index is 12.8. The summed E-state index contributed by atoms with van der Waals surface area (Å²) in [6.07, 6.45) is 2.65. The van der Waals surface area contributed by atoms with Crippen LogP contribution in [0.15, 0.2) is 4.79 Å². The lowest BCUT2D eigenvalue weighted by atomic mass is 9.92. The zero-order valence-corrected chi connectivity index (χ0v) is 16.6. The molecule has 3 rings (SSSR count). The molecule has 9 heteroatoms. The summed E-state index contributed by atoms with van der Waals surface area (Å²) in [5.74, 6) is 2.88. The number of rotatable bonds is 6. The Labute approximate surface area is 158 Å². The lowest BCUT2D eigenvalue weighted by Gasteiger charge is -2.33. The number of aromatic amines is 1. The number of nitrogens with one attached hydrogen (secondary N) is 1. The van der Waals surface area contributed by atoms with Gasteiger partial charge in [-0.3, -0.25) is 9.36 Å². The smallest absolute Gasteiger partial charge is 0.342 e. The van der Waals surface area contributed by atoms with Crippen LogP contribution < -0.4 is 5.69 Å². The molecule has 3 heterocycles. The molecule has 0 aliphatic carbocycles. The summed E-state index contributed by atoms with van der Waals surface area (Å²) in [4.78, 5) is 30.7. The molecule has 0 spiro atoms. The number of carbonyl (C=O) groups excluding carboxylic acids is 1. The molecular formula is C18H29N7O2. The van der Waals surface area contributed by atoms with Gasteiger partial charge in [-0.1, -0.05) is 6.92 Å². The SMILES string of the molecule is CCn1c(CC2CCN(C(=O)[C@@H](C)Cn3nc(C)nc3C)CC2)n[nH]c1=O. The summed E-state index contributed by atoms with van der Waals surface area (Å²) in [7, 11) is 0. The summed E-state index contributed by atoms with van der Waals surface area (Å²) in [5, 5.41) is 11.0. The van der Waals surface area contributed by atoms with Crippen LogP contribution >= 0.6 is 0 Å². The van der Waals surface area contributed by atoms with Gasteiger partial charge in [-0.2, -0.15) is 10.2 Å². The molecule has 1 fully saturated rings. The topological polar surface area (TPSA) is 102 Å². The van der Waals surface area contributed by atoms with Crippen molar-refractivity contribution in [2.45, 2.75) is 60.0 Å². The Kier molecular flexibility index (Phi) is 5.76. The first-order valence-corrected chi connectivity index (χ1v) is 9.70.